The number of aryl methyl sites for hydroxylation is 1. The van der Waals surface area contributed by atoms with E-state index in [1.807, 2.05) is 50.2 Å². The molecule has 1 aromatic carbocycles. The van der Waals surface area contributed by atoms with Crippen LogP contribution in [0.3, 0.4) is 0 Å². The Morgan fingerprint density at radius 2 is 2.00 bits per heavy atom. The number of benzene rings is 1. The molecule has 1 N–H and O–H groups in total. The van der Waals surface area contributed by atoms with Gasteiger partial charge in [-0.05, 0) is 62.2 Å². The molecule has 2 aromatic rings. The number of nitriles is 1. The van der Waals surface area contributed by atoms with Crippen LogP contribution in [0.5, 0.6) is 5.75 Å². The van der Waals surface area contributed by atoms with Crippen LogP contribution < -0.4 is 10.1 Å². The highest BCUT2D eigenvalue weighted by atomic mass is 16.5. The van der Waals surface area contributed by atoms with Crippen LogP contribution in [0, 0.1) is 25.2 Å². The first-order valence-corrected chi connectivity index (χ1v) is 8.75. The van der Waals surface area contributed by atoms with Gasteiger partial charge in [-0.25, -0.2) is 0 Å². The van der Waals surface area contributed by atoms with Gasteiger partial charge in [-0.2, -0.15) is 5.26 Å². The molecule has 26 heavy (non-hydrogen) atoms. The summed E-state index contributed by atoms with van der Waals surface area (Å²) in [5.74, 6) is 0.474. The van der Waals surface area contributed by atoms with Crippen LogP contribution in [0.4, 0.5) is 0 Å². The van der Waals surface area contributed by atoms with Gasteiger partial charge in [0.05, 0.1) is 7.11 Å². The number of nitrogens with zero attached hydrogens (tertiary/aromatic N) is 2. The number of rotatable bonds is 7. The molecular formula is C21H25N3O2. The number of aromatic nitrogens is 1. The lowest BCUT2D eigenvalue weighted by molar-refractivity contribution is -0.117. The van der Waals surface area contributed by atoms with E-state index in [9.17, 15) is 10.1 Å². The molecule has 0 saturated heterocycles. The SMILES string of the molecule is CCCCNC(=O)/C(C#N)=C/c1cc(C)n(-c2ccc(OC)cc2)c1C. The topological polar surface area (TPSA) is 67.0 Å². The largest absolute Gasteiger partial charge is 0.497 e. The molecule has 5 nitrogen and oxygen atoms in total. The third-order valence-electron chi connectivity index (χ3n) is 4.28. The molecule has 0 bridgehead atoms. The van der Waals surface area contributed by atoms with Crippen molar-refractivity contribution in [3.8, 4) is 17.5 Å². The average Bonchev–Trinajstić information content (AvgIpc) is 2.93. The fraction of sp³-hybridized carbons (Fsp3) is 0.333. The number of hydrogen-bond acceptors (Lipinski definition) is 3. The van der Waals surface area contributed by atoms with Gasteiger partial charge in [0, 0.05) is 23.6 Å². The van der Waals surface area contributed by atoms with Crippen molar-refractivity contribution in [1.82, 2.24) is 9.88 Å². The van der Waals surface area contributed by atoms with E-state index in [1.165, 1.54) is 0 Å². The Morgan fingerprint density at radius 1 is 1.31 bits per heavy atom. The van der Waals surface area contributed by atoms with Crippen molar-refractivity contribution < 1.29 is 9.53 Å². The van der Waals surface area contributed by atoms with Crippen LogP contribution in [-0.4, -0.2) is 24.1 Å². The second kappa shape index (κ2) is 8.91. The van der Waals surface area contributed by atoms with Gasteiger partial charge in [0.15, 0.2) is 0 Å². The Morgan fingerprint density at radius 3 is 2.58 bits per heavy atom. The lowest BCUT2D eigenvalue weighted by atomic mass is 10.1. The Labute approximate surface area is 154 Å². The number of amides is 1. The van der Waals surface area contributed by atoms with Crippen LogP contribution in [0.25, 0.3) is 11.8 Å². The van der Waals surface area contributed by atoms with Gasteiger partial charge in [-0.1, -0.05) is 13.3 Å². The molecule has 0 spiro atoms. The smallest absolute Gasteiger partial charge is 0.261 e. The van der Waals surface area contributed by atoms with Crippen LogP contribution in [0.2, 0.25) is 0 Å². The molecule has 0 aliphatic heterocycles. The van der Waals surface area contributed by atoms with E-state index >= 15 is 0 Å². The highest BCUT2D eigenvalue weighted by Crippen LogP contribution is 2.24. The predicted octanol–water partition coefficient (Wildman–Crippen LogP) is 3.93. The molecule has 0 aliphatic rings. The molecule has 136 valence electrons. The van der Waals surface area contributed by atoms with Crippen molar-refractivity contribution in [2.24, 2.45) is 0 Å². The maximum atomic E-state index is 12.2. The van der Waals surface area contributed by atoms with Gasteiger partial charge < -0.3 is 14.6 Å². The van der Waals surface area contributed by atoms with Gasteiger partial charge in [-0.15, -0.1) is 0 Å². The molecule has 0 aliphatic carbocycles. The maximum absolute atomic E-state index is 12.2. The van der Waals surface area contributed by atoms with E-state index in [2.05, 4.69) is 16.8 Å². The van der Waals surface area contributed by atoms with E-state index in [4.69, 9.17) is 4.74 Å². The minimum absolute atomic E-state index is 0.121. The molecule has 5 heteroatoms. The fourth-order valence-electron chi connectivity index (χ4n) is 2.84. The number of carbonyl (C=O) groups is 1. The monoisotopic (exact) mass is 351 g/mol. The Balaban J connectivity index is 2.33. The summed E-state index contributed by atoms with van der Waals surface area (Å²) in [5.41, 5.74) is 3.99. The lowest BCUT2D eigenvalue weighted by Crippen LogP contribution is -2.25. The zero-order valence-corrected chi connectivity index (χ0v) is 15.8. The predicted molar refractivity (Wildman–Crippen MR) is 103 cm³/mol. The number of carbonyl (C=O) groups excluding carboxylic acids is 1. The zero-order valence-electron chi connectivity index (χ0n) is 15.8. The van der Waals surface area contributed by atoms with Gasteiger partial charge in [-0.3, -0.25) is 4.79 Å². The van der Waals surface area contributed by atoms with Crippen molar-refractivity contribution in [1.29, 1.82) is 5.26 Å². The van der Waals surface area contributed by atoms with E-state index in [0.717, 1.165) is 41.2 Å². The molecule has 0 saturated carbocycles. The molecule has 0 unspecified atom stereocenters. The summed E-state index contributed by atoms with van der Waals surface area (Å²) in [6.45, 7) is 6.62. The van der Waals surface area contributed by atoms with E-state index in [-0.39, 0.29) is 11.5 Å². The standard InChI is InChI=1S/C21H25N3O2/c1-5-6-11-23-21(25)18(14-22)13-17-12-15(2)24(16(17)3)19-7-9-20(26-4)10-8-19/h7-10,12-13H,5-6,11H2,1-4H3,(H,23,25)/b18-13+. The molecule has 0 fully saturated rings. The van der Waals surface area contributed by atoms with Crippen molar-refractivity contribution >= 4 is 12.0 Å². The van der Waals surface area contributed by atoms with Crippen LogP contribution in [0.15, 0.2) is 35.9 Å². The quantitative estimate of drug-likeness (QED) is 0.467. The highest BCUT2D eigenvalue weighted by molar-refractivity contribution is 6.01. The van der Waals surface area contributed by atoms with Crippen molar-refractivity contribution in [3.63, 3.8) is 0 Å². The maximum Gasteiger partial charge on any atom is 0.261 e. The third-order valence-corrected chi connectivity index (χ3v) is 4.28. The van der Waals surface area contributed by atoms with Crippen molar-refractivity contribution in [2.75, 3.05) is 13.7 Å². The average molecular weight is 351 g/mol. The first kappa shape index (κ1) is 19.3. The lowest BCUT2D eigenvalue weighted by Gasteiger charge is -2.10. The summed E-state index contributed by atoms with van der Waals surface area (Å²) in [6.07, 6.45) is 3.55. The second-order valence-corrected chi connectivity index (χ2v) is 6.14. The summed E-state index contributed by atoms with van der Waals surface area (Å²) in [5, 5.41) is 12.1. The molecular weight excluding hydrogens is 326 g/mol. The highest BCUT2D eigenvalue weighted by Gasteiger charge is 2.13. The number of hydrogen-bond donors (Lipinski definition) is 1. The summed E-state index contributed by atoms with van der Waals surface area (Å²) >= 11 is 0. The van der Waals surface area contributed by atoms with Gasteiger partial charge in [0.1, 0.15) is 17.4 Å². The molecule has 0 radical (unpaired) electrons. The fourth-order valence-corrected chi connectivity index (χ4v) is 2.84. The normalized spacial score (nSPS) is 11.1. The zero-order chi connectivity index (χ0) is 19.1. The van der Waals surface area contributed by atoms with Crippen molar-refractivity contribution in [3.05, 3.63) is 52.9 Å². The van der Waals surface area contributed by atoms with E-state index in [0.29, 0.717) is 6.54 Å². The second-order valence-electron chi connectivity index (χ2n) is 6.14. The molecule has 2 rings (SSSR count). The van der Waals surface area contributed by atoms with E-state index in [1.54, 1.807) is 13.2 Å². The number of nitrogens with one attached hydrogen (secondary N) is 1. The summed E-state index contributed by atoms with van der Waals surface area (Å²) in [4.78, 5) is 12.2. The van der Waals surface area contributed by atoms with Crippen LogP contribution >= 0.6 is 0 Å². The van der Waals surface area contributed by atoms with E-state index < -0.39 is 0 Å². The minimum Gasteiger partial charge on any atom is -0.497 e. The molecule has 1 heterocycles. The Bertz CT molecular complexity index is 839. The Kier molecular flexibility index (Phi) is 6.62. The third kappa shape index (κ3) is 4.34. The van der Waals surface area contributed by atoms with Crippen LogP contribution in [-0.2, 0) is 4.79 Å². The molecule has 1 amide bonds. The van der Waals surface area contributed by atoms with Gasteiger partial charge in [0.25, 0.3) is 5.91 Å². The summed E-state index contributed by atoms with van der Waals surface area (Å²) in [7, 11) is 1.64. The van der Waals surface area contributed by atoms with Crippen LogP contribution in [0.1, 0.15) is 36.7 Å². The first-order chi connectivity index (χ1) is 12.5. The molecule has 0 atom stereocenters. The number of unbranched alkanes of at least 4 members (excludes halogenated alkanes) is 1. The van der Waals surface area contributed by atoms with Gasteiger partial charge in [0.2, 0.25) is 0 Å². The first-order valence-electron chi connectivity index (χ1n) is 8.75. The minimum atomic E-state index is -0.324. The number of methoxy groups -OCH3 is 1. The summed E-state index contributed by atoms with van der Waals surface area (Å²) < 4.78 is 7.30. The summed E-state index contributed by atoms with van der Waals surface area (Å²) in [6, 6.07) is 11.8. The Hall–Kier alpha value is -3.00. The van der Waals surface area contributed by atoms with Gasteiger partial charge >= 0.3 is 0 Å². The van der Waals surface area contributed by atoms with Crippen molar-refractivity contribution in [2.45, 2.75) is 33.6 Å². The molecule has 1 aromatic heterocycles. The number of ether oxygens (including phenoxy) is 1.